The molecule has 0 saturated heterocycles. The largest absolute Gasteiger partial charge is 0.261 e. The van der Waals surface area contributed by atoms with Crippen molar-refractivity contribution in [3.63, 3.8) is 0 Å². The van der Waals surface area contributed by atoms with Gasteiger partial charge in [0.15, 0.2) is 0 Å². The van der Waals surface area contributed by atoms with Gasteiger partial charge in [0, 0.05) is 17.3 Å². The van der Waals surface area contributed by atoms with Crippen molar-refractivity contribution in [3.05, 3.63) is 53.9 Å². The normalized spacial score (nSPS) is 11.1. The first kappa shape index (κ1) is 9.34. The van der Waals surface area contributed by atoms with E-state index in [9.17, 15) is 0 Å². The molecule has 0 aliphatic carbocycles. The molecule has 2 aromatic carbocycles. The Labute approximate surface area is 94.7 Å². The second kappa shape index (κ2) is 3.31. The smallest absolute Gasteiger partial charge is 0.0379 e. The minimum absolute atomic E-state index is 1.07. The number of rotatable bonds is 0. The summed E-state index contributed by atoms with van der Waals surface area (Å²) >= 11 is 0. The van der Waals surface area contributed by atoms with Gasteiger partial charge in [0.2, 0.25) is 0 Å². The first-order chi connectivity index (χ1) is 7.74. The number of hydrogen-bond acceptors (Lipinski definition) is 1. The number of nitrogens with zero attached hydrogens (tertiary/aromatic N) is 1. The highest BCUT2D eigenvalue weighted by Gasteiger charge is 2.00. The van der Waals surface area contributed by atoms with Gasteiger partial charge in [-0.2, -0.15) is 0 Å². The topological polar surface area (TPSA) is 12.9 Å². The summed E-state index contributed by atoms with van der Waals surface area (Å²) in [4.78, 5) is 4.34. The highest BCUT2D eigenvalue weighted by atomic mass is 14.6. The molecule has 0 unspecified atom stereocenters. The number of hydrogen-bond donors (Lipinski definition) is 0. The summed E-state index contributed by atoms with van der Waals surface area (Å²) in [5.74, 6) is 0. The zero-order valence-corrected chi connectivity index (χ0v) is 9.49. The molecule has 0 aliphatic heterocycles. The van der Waals surface area contributed by atoms with Gasteiger partial charge in [-0.05, 0) is 53.8 Å². The van der Waals surface area contributed by atoms with E-state index in [1.54, 1.807) is 0 Å². The van der Waals surface area contributed by atoms with Crippen molar-refractivity contribution in [2.75, 3.05) is 0 Å². The fourth-order valence-corrected chi connectivity index (χ4v) is 2.19. The molecule has 1 aromatic heterocycles. The molecule has 0 fully saturated rings. The molecule has 78 valence electrons. The monoisotopic (exact) mass is 207 g/mol. The molecular formula is C15H13N. The minimum Gasteiger partial charge on any atom is -0.261 e. The predicted octanol–water partition coefficient (Wildman–Crippen LogP) is 4.00. The highest BCUT2D eigenvalue weighted by molar-refractivity contribution is 5.99. The number of aromatic nitrogens is 1. The summed E-state index contributed by atoms with van der Waals surface area (Å²) in [6, 6.07) is 13.0. The quantitative estimate of drug-likeness (QED) is 0.508. The number of pyridine rings is 1. The molecule has 0 amide bonds. The molecule has 3 rings (SSSR count). The average Bonchev–Trinajstić information content (AvgIpc) is 2.28. The fourth-order valence-electron chi connectivity index (χ4n) is 2.19. The van der Waals surface area contributed by atoms with Crippen LogP contribution >= 0.6 is 0 Å². The molecule has 1 nitrogen and oxygen atoms in total. The maximum Gasteiger partial charge on any atom is 0.0379 e. The molecule has 1 heteroatoms. The third-order valence-electron chi connectivity index (χ3n) is 3.07. The lowest BCUT2D eigenvalue weighted by Crippen LogP contribution is -1.83. The molecule has 0 bridgehead atoms. The third-order valence-corrected chi connectivity index (χ3v) is 3.07. The van der Waals surface area contributed by atoms with Crippen molar-refractivity contribution in [1.82, 2.24) is 4.98 Å². The van der Waals surface area contributed by atoms with Gasteiger partial charge in [0.05, 0.1) is 0 Å². The molecule has 0 atom stereocenters. The molecule has 1 heterocycles. The molecule has 0 radical (unpaired) electrons. The number of aryl methyl sites for hydroxylation is 2. The van der Waals surface area contributed by atoms with Gasteiger partial charge in [-0.15, -0.1) is 0 Å². The highest BCUT2D eigenvalue weighted by Crippen LogP contribution is 2.24. The Hall–Kier alpha value is -1.89. The first-order valence-electron chi connectivity index (χ1n) is 5.50. The van der Waals surface area contributed by atoms with Crippen LogP contribution in [0.3, 0.4) is 0 Å². The zero-order valence-electron chi connectivity index (χ0n) is 9.49. The van der Waals surface area contributed by atoms with Crippen molar-refractivity contribution >= 4 is 21.5 Å². The molecule has 0 spiro atoms. The van der Waals surface area contributed by atoms with Crippen LogP contribution in [-0.4, -0.2) is 4.98 Å². The van der Waals surface area contributed by atoms with Crippen LogP contribution in [0.5, 0.6) is 0 Å². The summed E-state index contributed by atoms with van der Waals surface area (Å²) in [6.45, 7) is 4.18. The lowest BCUT2D eigenvalue weighted by atomic mass is 10.0. The SMILES string of the molecule is Cc1cc2cc3c(C)cccc3cc2cn1. The Morgan fingerprint density at radius 1 is 0.875 bits per heavy atom. The van der Waals surface area contributed by atoms with Crippen LogP contribution in [0.4, 0.5) is 0 Å². The zero-order chi connectivity index (χ0) is 11.1. The van der Waals surface area contributed by atoms with E-state index in [4.69, 9.17) is 0 Å². The van der Waals surface area contributed by atoms with Crippen molar-refractivity contribution in [2.24, 2.45) is 0 Å². The van der Waals surface area contributed by atoms with E-state index < -0.39 is 0 Å². The predicted molar refractivity (Wildman–Crippen MR) is 68.7 cm³/mol. The third kappa shape index (κ3) is 1.36. The summed E-state index contributed by atoms with van der Waals surface area (Å²) in [5, 5.41) is 5.11. The Bertz CT molecular complexity index is 683. The molecular weight excluding hydrogens is 194 g/mol. The van der Waals surface area contributed by atoms with Crippen LogP contribution in [0.1, 0.15) is 11.3 Å². The summed E-state index contributed by atoms with van der Waals surface area (Å²) in [5.41, 5.74) is 2.40. The van der Waals surface area contributed by atoms with Gasteiger partial charge >= 0.3 is 0 Å². The number of fused-ring (bicyclic) bond motifs is 2. The Morgan fingerprint density at radius 3 is 2.62 bits per heavy atom. The van der Waals surface area contributed by atoms with Crippen molar-refractivity contribution in [2.45, 2.75) is 13.8 Å². The minimum atomic E-state index is 1.07. The second-order valence-electron chi connectivity index (χ2n) is 4.32. The lowest BCUT2D eigenvalue weighted by molar-refractivity contribution is 1.23. The molecule has 3 aromatic rings. The van der Waals surface area contributed by atoms with Crippen LogP contribution in [0.25, 0.3) is 21.5 Å². The van der Waals surface area contributed by atoms with Gasteiger partial charge in [-0.3, -0.25) is 4.98 Å². The second-order valence-corrected chi connectivity index (χ2v) is 4.32. The van der Waals surface area contributed by atoms with E-state index in [0.29, 0.717) is 0 Å². The standard InChI is InChI=1S/C15H13N/c1-10-4-3-5-12-7-14-9-16-11(2)6-13(14)8-15(10)12/h3-9H,1-2H3. The lowest BCUT2D eigenvalue weighted by Gasteiger charge is -2.05. The van der Waals surface area contributed by atoms with Crippen molar-refractivity contribution in [3.8, 4) is 0 Å². The molecule has 16 heavy (non-hydrogen) atoms. The Balaban J connectivity index is 2.49. The summed E-state index contributed by atoms with van der Waals surface area (Å²) in [6.07, 6.45) is 1.95. The number of benzene rings is 2. The fraction of sp³-hybridized carbons (Fsp3) is 0.133. The average molecular weight is 207 g/mol. The van der Waals surface area contributed by atoms with Gasteiger partial charge in [-0.1, -0.05) is 18.2 Å². The summed E-state index contributed by atoms with van der Waals surface area (Å²) in [7, 11) is 0. The van der Waals surface area contributed by atoms with E-state index in [1.165, 1.54) is 27.1 Å². The van der Waals surface area contributed by atoms with E-state index in [2.05, 4.69) is 48.3 Å². The van der Waals surface area contributed by atoms with Crippen molar-refractivity contribution < 1.29 is 0 Å². The van der Waals surface area contributed by atoms with Crippen LogP contribution in [0.2, 0.25) is 0 Å². The van der Waals surface area contributed by atoms with E-state index in [0.717, 1.165) is 5.69 Å². The van der Waals surface area contributed by atoms with Crippen LogP contribution in [0, 0.1) is 13.8 Å². The molecule has 0 aliphatic rings. The first-order valence-corrected chi connectivity index (χ1v) is 5.50. The van der Waals surface area contributed by atoms with Gasteiger partial charge in [0.1, 0.15) is 0 Å². The molecule has 0 N–H and O–H groups in total. The molecule has 0 saturated carbocycles. The van der Waals surface area contributed by atoms with Crippen LogP contribution in [0.15, 0.2) is 42.6 Å². The maximum atomic E-state index is 4.34. The van der Waals surface area contributed by atoms with Gasteiger partial charge < -0.3 is 0 Å². The van der Waals surface area contributed by atoms with E-state index in [-0.39, 0.29) is 0 Å². The van der Waals surface area contributed by atoms with Crippen molar-refractivity contribution in [1.29, 1.82) is 0 Å². The van der Waals surface area contributed by atoms with Crippen LogP contribution in [-0.2, 0) is 0 Å². The Morgan fingerprint density at radius 2 is 1.75 bits per heavy atom. The van der Waals surface area contributed by atoms with Crippen LogP contribution < -0.4 is 0 Å². The summed E-state index contributed by atoms with van der Waals surface area (Å²) < 4.78 is 0. The van der Waals surface area contributed by atoms with E-state index in [1.807, 2.05) is 13.1 Å². The maximum absolute atomic E-state index is 4.34. The van der Waals surface area contributed by atoms with Gasteiger partial charge in [0.25, 0.3) is 0 Å². The Kier molecular flexibility index (Phi) is 1.93. The van der Waals surface area contributed by atoms with E-state index >= 15 is 0 Å². The van der Waals surface area contributed by atoms with Gasteiger partial charge in [-0.25, -0.2) is 0 Å².